The van der Waals surface area contributed by atoms with Gasteiger partial charge in [0.15, 0.2) is 0 Å². The van der Waals surface area contributed by atoms with Gasteiger partial charge in [0.05, 0.1) is 0 Å². The van der Waals surface area contributed by atoms with Crippen LogP contribution in [-0.4, -0.2) is 15.5 Å². The van der Waals surface area contributed by atoms with Crippen LogP contribution in [0.25, 0.3) is 0 Å². The Kier molecular flexibility index (Phi) is 6.41. The molecule has 1 atom stereocenters. The van der Waals surface area contributed by atoms with Crippen LogP contribution in [0, 0.1) is 0 Å². The fourth-order valence-corrected chi connectivity index (χ4v) is 2.33. The predicted octanol–water partition coefficient (Wildman–Crippen LogP) is 4.24. The summed E-state index contributed by atoms with van der Waals surface area (Å²) in [6.45, 7) is 2.01. The first-order valence-corrected chi connectivity index (χ1v) is 7.37. The van der Waals surface area contributed by atoms with Gasteiger partial charge < -0.3 is 0 Å². The minimum atomic E-state index is -0.368. The molecule has 0 saturated heterocycles. The van der Waals surface area contributed by atoms with Crippen LogP contribution >= 0.6 is 34.8 Å². The first kappa shape index (κ1) is 15.4. The normalized spacial score (nSPS) is 12.4. The van der Waals surface area contributed by atoms with E-state index < -0.39 is 0 Å². The Labute approximate surface area is 125 Å². The van der Waals surface area contributed by atoms with Crippen LogP contribution in [0.3, 0.4) is 0 Å². The van der Waals surface area contributed by atoms with Gasteiger partial charge in [-0.1, -0.05) is 0 Å². The van der Waals surface area contributed by atoms with Crippen molar-refractivity contribution in [2.45, 2.75) is 25.9 Å². The van der Waals surface area contributed by atoms with Crippen molar-refractivity contribution < 1.29 is 28.0 Å². The fraction of sp³-hybridized carbons (Fsp3) is 0.364. The van der Waals surface area contributed by atoms with Crippen molar-refractivity contribution in [1.29, 1.82) is 0 Å². The Hall–Kier alpha value is 0.356. The average molecular weight is 472 g/mol. The summed E-state index contributed by atoms with van der Waals surface area (Å²) in [4.78, 5) is 0. The van der Waals surface area contributed by atoms with E-state index in [2.05, 4.69) is 0 Å². The summed E-state index contributed by atoms with van der Waals surface area (Å²) in [5.74, 6) is 0.428. The van der Waals surface area contributed by atoms with Crippen molar-refractivity contribution in [3.05, 3.63) is 27.2 Å². The topological polar surface area (TPSA) is 29.5 Å². The molecule has 1 aromatic carbocycles. The molecular formula is C11H11Cl3O2Os. The van der Waals surface area contributed by atoms with Crippen LogP contribution in [0.1, 0.15) is 19.8 Å². The van der Waals surface area contributed by atoms with Gasteiger partial charge in [0.25, 0.3) is 0 Å². The van der Waals surface area contributed by atoms with Gasteiger partial charge in [-0.2, -0.15) is 0 Å². The van der Waals surface area contributed by atoms with Gasteiger partial charge in [-0.3, -0.25) is 0 Å². The molecule has 0 aliphatic rings. The van der Waals surface area contributed by atoms with Crippen molar-refractivity contribution in [3.63, 3.8) is 0 Å². The Bertz CT molecular complexity index is 423. The van der Waals surface area contributed by atoms with Crippen molar-refractivity contribution in [1.82, 2.24) is 0 Å². The predicted molar refractivity (Wildman–Crippen MR) is 67.7 cm³/mol. The third-order valence-electron chi connectivity index (χ3n) is 2.05. The molecule has 6 heteroatoms. The second kappa shape index (κ2) is 7.07. The molecule has 0 fully saturated rings. The SMILES string of the molecule is CCCC(Oc1cc(Cl)c(Cl)cc1Cl)[C](O)=[Os]. The van der Waals surface area contributed by atoms with Gasteiger partial charge in [0, 0.05) is 0 Å². The fourth-order valence-electron chi connectivity index (χ4n) is 1.23. The standard InChI is InChI=1S/C11H11Cl3O2.Os/c1-2-3-7(6-15)16-11-5-9(13)8(12)4-10(11)14;/h4-5,7,15H,2-3H2,1H3;. The van der Waals surface area contributed by atoms with E-state index in [1.165, 1.54) is 24.2 Å². The molecule has 1 N–H and O–H groups in total. The molecule has 17 heavy (non-hydrogen) atoms. The molecule has 1 rings (SSSR count). The first-order chi connectivity index (χ1) is 7.95. The maximum absolute atomic E-state index is 9.52. The van der Waals surface area contributed by atoms with Crippen LogP contribution in [0.2, 0.25) is 15.1 Å². The molecule has 0 heterocycles. The van der Waals surface area contributed by atoms with E-state index in [9.17, 15) is 5.11 Å². The summed E-state index contributed by atoms with van der Waals surface area (Å²) >= 11 is 19.1. The summed E-state index contributed by atoms with van der Waals surface area (Å²) < 4.78 is 5.87. The number of halogens is 3. The molecule has 1 unspecified atom stereocenters. The molecule has 0 amide bonds. The summed E-state index contributed by atoms with van der Waals surface area (Å²) in [6, 6.07) is 3.08. The van der Waals surface area contributed by atoms with Gasteiger partial charge >= 0.3 is 126 Å². The van der Waals surface area contributed by atoms with Gasteiger partial charge in [-0.25, -0.2) is 0 Å². The van der Waals surface area contributed by atoms with E-state index in [4.69, 9.17) is 39.5 Å². The third-order valence-corrected chi connectivity index (χ3v) is 3.89. The van der Waals surface area contributed by atoms with Crippen molar-refractivity contribution in [3.8, 4) is 5.75 Å². The van der Waals surface area contributed by atoms with Gasteiger partial charge in [0.2, 0.25) is 0 Å². The maximum atomic E-state index is 9.52. The van der Waals surface area contributed by atoms with Gasteiger partial charge in [-0.15, -0.1) is 0 Å². The number of aliphatic hydroxyl groups excluding tert-OH is 1. The van der Waals surface area contributed by atoms with Crippen LogP contribution in [0.15, 0.2) is 12.1 Å². The summed E-state index contributed by atoms with van der Waals surface area (Å²) in [6.07, 6.45) is 1.24. The van der Waals surface area contributed by atoms with Crippen molar-refractivity contribution in [2.75, 3.05) is 0 Å². The van der Waals surface area contributed by atoms with Crippen LogP contribution in [-0.2, 0) is 18.1 Å². The quantitative estimate of drug-likeness (QED) is 0.651. The molecule has 2 nitrogen and oxygen atoms in total. The van der Waals surface area contributed by atoms with Crippen molar-refractivity contribution >= 4 is 39.1 Å². The summed E-state index contributed by atoms with van der Waals surface area (Å²) in [7, 11) is 0. The number of hydrogen-bond acceptors (Lipinski definition) is 2. The Balaban J connectivity index is 2.93. The monoisotopic (exact) mass is 472 g/mol. The van der Waals surface area contributed by atoms with Gasteiger partial charge in [0.1, 0.15) is 0 Å². The van der Waals surface area contributed by atoms with E-state index in [1.54, 1.807) is 6.07 Å². The first-order valence-electron chi connectivity index (χ1n) is 4.97. The number of ether oxygens (including phenoxy) is 1. The summed E-state index contributed by atoms with van der Waals surface area (Å²) in [5.41, 5.74) is 0. The molecule has 1 aromatic rings. The third kappa shape index (κ3) is 4.50. The molecular weight excluding hydrogens is 461 g/mol. The zero-order valence-electron chi connectivity index (χ0n) is 8.99. The minimum absolute atomic E-state index is 0.244. The average Bonchev–Trinajstić information content (AvgIpc) is 2.24. The molecule has 0 aromatic heterocycles. The molecule has 0 aliphatic carbocycles. The molecule has 0 spiro atoms. The zero-order chi connectivity index (χ0) is 13.0. The number of benzene rings is 1. The van der Waals surface area contributed by atoms with Crippen LogP contribution < -0.4 is 4.74 Å². The van der Waals surface area contributed by atoms with Gasteiger partial charge in [-0.05, 0) is 0 Å². The molecule has 0 saturated carbocycles. The number of rotatable bonds is 5. The number of aliphatic hydroxyl groups is 1. The van der Waals surface area contributed by atoms with E-state index in [-0.39, 0.29) is 10.4 Å². The molecule has 0 aliphatic heterocycles. The van der Waals surface area contributed by atoms with Crippen LogP contribution in [0.4, 0.5) is 0 Å². The number of hydrogen-bond donors (Lipinski definition) is 1. The van der Waals surface area contributed by atoms with E-state index in [0.29, 0.717) is 27.2 Å². The zero-order valence-corrected chi connectivity index (χ0v) is 13.8. The van der Waals surface area contributed by atoms with E-state index in [1.807, 2.05) is 6.92 Å². The molecule has 0 bridgehead atoms. The summed E-state index contributed by atoms with van der Waals surface area (Å²) in [5, 5.41) is 10.7. The van der Waals surface area contributed by atoms with E-state index in [0.717, 1.165) is 6.42 Å². The Morgan fingerprint density at radius 1 is 1.29 bits per heavy atom. The van der Waals surface area contributed by atoms with Crippen LogP contribution in [0.5, 0.6) is 5.75 Å². The second-order valence-corrected chi connectivity index (χ2v) is 5.93. The molecule has 96 valence electrons. The van der Waals surface area contributed by atoms with E-state index >= 15 is 0 Å². The van der Waals surface area contributed by atoms with Crippen molar-refractivity contribution in [2.24, 2.45) is 0 Å². The Morgan fingerprint density at radius 3 is 2.41 bits per heavy atom. The Morgan fingerprint density at radius 2 is 1.88 bits per heavy atom. The molecule has 0 radical (unpaired) electrons. The second-order valence-electron chi connectivity index (χ2n) is 3.40.